The first kappa shape index (κ1) is 18.0. The predicted octanol–water partition coefficient (Wildman–Crippen LogP) is 4.66. The number of carbonyl (C=O) groups is 1. The summed E-state index contributed by atoms with van der Waals surface area (Å²) in [5.74, 6) is 0.491. The summed E-state index contributed by atoms with van der Waals surface area (Å²) in [6.07, 6.45) is 3.70. The van der Waals surface area contributed by atoms with E-state index < -0.39 is 0 Å². The van der Waals surface area contributed by atoms with Crippen molar-refractivity contribution in [2.45, 2.75) is 40.5 Å². The maximum Gasteiger partial charge on any atom is 0.274 e. The summed E-state index contributed by atoms with van der Waals surface area (Å²) in [5, 5.41) is 6.33. The minimum atomic E-state index is -0.173. The van der Waals surface area contributed by atoms with Crippen molar-refractivity contribution in [1.82, 2.24) is 4.98 Å². The minimum Gasteiger partial charge on any atom is -0.384 e. The van der Waals surface area contributed by atoms with Crippen LogP contribution in [0.4, 0.5) is 11.4 Å². The number of hydrogen-bond donors (Lipinski definition) is 2. The Kier molecular flexibility index (Phi) is 6.36. The van der Waals surface area contributed by atoms with Gasteiger partial charge in [-0.1, -0.05) is 39.0 Å². The van der Waals surface area contributed by atoms with E-state index in [1.165, 1.54) is 0 Å². The van der Waals surface area contributed by atoms with E-state index in [-0.39, 0.29) is 5.91 Å². The molecule has 1 amide bonds. The summed E-state index contributed by atoms with van der Waals surface area (Å²) in [4.78, 5) is 16.7. The molecule has 0 aliphatic rings. The Morgan fingerprint density at radius 2 is 2.00 bits per heavy atom. The topological polar surface area (TPSA) is 54.0 Å². The second kappa shape index (κ2) is 8.48. The van der Waals surface area contributed by atoms with Crippen molar-refractivity contribution in [2.75, 3.05) is 17.2 Å². The van der Waals surface area contributed by atoms with Gasteiger partial charge in [-0.05, 0) is 48.9 Å². The fourth-order valence-corrected chi connectivity index (χ4v) is 2.52. The van der Waals surface area contributed by atoms with Gasteiger partial charge in [-0.25, -0.2) is 4.98 Å². The third-order valence-electron chi connectivity index (χ3n) is 4.03. The Labute approximate surface area is 144 Å². The van der Waals surface area contributed by atoms with Crippen LogP contribution in [0.5, 0.6) is 0 Å². The van der Waals surface area contributed by atoms with Crippen molar-refractivity contribution in [1.29, 1.82) is 0 Å². The summed E-state index contributed by atoms with van der Waals surface area (Å²) in [6.45, 7) is 9.39. The fourth-order valence-electron chi connectivity index (χ4n) is 2.52. The van der Waals surface area contributed by atoms with Crippen molar-refractivity contribution in [3.8, 4) is 0 Å². The number of amides is 1. The van der Waals surface area contributed by atoms with Crippen LogP contribution < -0.4 is 10.6 Å². The lowest BCUT2D eigenvalue weighted by molar-refractivity contribution is 0.102. The van der Waals surface area contributed by atoms with Crippen LogP contribution in [-0.2, 0) is 6.42 Å². The molecule has 0 unspecified atom stereocenters. The molecule has 4 heteroatoms. The number of para-hydroxylation sites is 1. The highest BCUT2D eigenvalue weighted by molar-refractivity contribution is 6.03. The molecule has 0 atom stereocenters. The lowest BCUT2D eigenvalue weighted by Gasteiger charge is -2.13. The summed E-state index contributed by atoms with van der Waals surface area (Å²) in [6, 6.07) is 9.72. The number of hydrogen-bond acceptors (Lipinski definition) is 3. The molecule has 0 aliphatic carbocycles. The molecule has 0 fully saturated rings. The normalized spacial score (nSPS) is 10.7. The number of nitrogens with one attached hydrogen (secondary N) is 2. The van der Waals surface area contributed by atoms with E-state index in [0.717, 1.165) is 41.9 Å². The Balaban J connectivity index is 2.03. The summed E-state index contributed by atoms with van der Waals surface area (Å²) < 4.78 is 0. The van der Waals surface area contributed by atoms with Crippen LogP contribution in [0.3, 0.4) is 0 Å². The average Bonchev–Trinajstić information content (AvgIpc) is 2.57. The van der Waals surface area contributed by atoms with E-state index in [4.69, 9.17) is 0 Å². The maximum absolute atomic E-state index is 12.5. The highest BCUT2D eigenvalue weighted by atomic mass is 16.1. The van der Waals surface area contributed by atoms with Crippen LogP contribution >= 0.6 is 0 Å². The minimum absolute atomic E-state index is 0.173. The number of aryl methyl sites for hydroxylation is 2. The van der Waals surface area contributed by atoms with Gasteiger partial charge < -0.3 is 10.6 Å². The zero-order valence-corrected chi connectivity index (χ0v) is 15.0. The molecule has 24 heavy (non-hydrogen) atoms. The van der Waals surface area contributed by atoms with Gasteiger partial charge in [0, 0.05) is 12.2 Å². The van der Waals surface area contributed by atoms with E-state index >= 15 is 0 Å². The lowest BCUT2D eigenvalue weighted by atomic mass is 10.1. The van der Waals surface area contributed by atoms with Gasteiger partial charge in [0.05, 0.1) is 11.9 Å². The van der Waals surface area contributed by atoms with Gasteiger partial charge in [0.15, 0.2) is 0 Å². The molecule has 0 saturated carbocycles. The zero-order valence-electron chi connectivity index (χ0n) is 15.0. The largest absolute Gasteiger partial charge is 0.384 e. The summed E-state index contributed by atoms with van der Waals surface area (Å²) >= 11 is 0. The number of nitrogens with zero attached hydrogens (tertiary/aromatic N) is 1. The molecular formula is C20H27N3O. The van der Waals surface area contributed by atoms with Crippen LogP contribution in [0.2, 0.25) is 0 Å². The molecule has 1 aromatic carbocycles. The fraction of sp³-hybridized carbons (Fsp3) is 0.400. The van der Waals surface area contributed by atoms with Gasteiger partial charge in [0.2, 0.25) is 0 Å². The SMILES string of the molecule is CCc1cccc(C)c1NC(=O)c1ccc(NCCC(C)C)cn1. The highest BCUT2D eigenvalue weighted by Crippen LogP contribution is 2.21. The van der Waals surface area contributed by atoms with Gasteiger partial charge in [0.25, 0.3) is 5.91 Å². The number of benzene rings is 1. The molecule has 2 aromatic rings. The van der Waals surface area contributed by atoms with E-state index in [1.54, 1.807) is 12.3 Å². The van der Waals surface area contributed by atoms with Crippen LogP contribution in [0.1, 0.15) is 48.8 Å². The second-order valence-electron chi connectivity index (χ2n) is 6.46. The first-order chi connectivity index (χ1) is 11.5. The van der Waals surface area contributed by atoms with Crippen molar-refractivity contribution in [2.24, 2.45) is 5.92 Å². The van der Waals surface area contributed by atoms with Crippen molar-refractivity contribution in [3.63, 3.8) is 0 Å². The summed E-state index contributed by atoms with van der Waals surface area (Å²) in [5.41, 5.74) is 4.46. The number of anilines is 2. The second-order valence-corrected chi connectivity index (χ2v) is 6.46. The molecule has 1 heterocycles. The Morgan fingerprint density at radius 1 is 1.21 bits per heavy atom. The van der Waals surface area contributed by atoms with E-state index in [2.05, 4.69) is 36.4 Å². The van der Waals surface area contributed by atoms with Crippen LogP contribution in [-0.4, -0.2) is 17.4 Å². The van der Waals surface area contributed by atoms with Gasteiger partial charge in [0.1, 0.15) is 5.69 Å². The van der Waals surface area contributed by atoms with Gasteiger partial charge in [-0.2, -0.15) is 0 Å². The molecule has 0 bridgehead atoms. The van der Waals surface area contributed by atoms with Crippen molar-refractivity contribution >= 4 is 17.3 Å². The van der Waals surface area contributed by atoms with Crippen LogP contribution in [0.15, 0.2) is 36.5 Å². The van der Waals surface area contributed by atoms with Gasteiger partial charge in [-0.15, -0.1) is 0 Å². The molecule has 2 N–H and O–H groups in total. The predicted molar refractivity (Wildman–Crippen MR) is 101 cm³/mol. The third-order valence-corrected chi connectivity index (χ3v) is 4.03. The molecule has 0 spiro atoms. The molecule has 128 valence electrons. The number of aromatic nitrogens is 1. The smallest absolute Gasteiger partial charge is 0.274 e. The Bertz CT molecular complexity index is 678. The highest BCUT2D eigenvalue weighted by Gasteiger charge is 2.11. The molecule has 4 nitrogen and oxygen atoms in total. The maximum atomic E-state index is 12.5. The van der Waals surface area contributed by atoms with Gasteiger partial charge >= 0.3 is 0 Å². The number of carbonyl (C=O) groups excluding carboxylic acids is 1. The third kappa shape index (κ3) is 4.82. The van der Waals surface area contributed by atoms with E-state index in [9.17, 15) is 4.79 Å². The van der Waals surface area contributed by atoms with Crippen LogP contribution in [0.25, 0.3) is 0 Å². The Hall–Kier alpha value is -2.36. The average molecular weight is 325 g/mol. The van der Waals surface area contributed by atoms with Crippen molar-refractivity contribution < 1.29 is 4.79 Å². The molecule has 1 aromatic heterocycles. The number of rotatable bonds is 7. The quantitative estimate of drug-likeness (QED) is 0.778. The van der Waals surface area contributed by atoms with Crippen LogP contribution in [0, 0.1) is 12.8 Å². The molecule has 0 aliphatic heterocycles. The number of pyridine rings is 1. The molecular weight excluding hydrogens is 298 g/mol. The van der Waals surface area contributed by atoms with E-state index in [1.807, 2.05) is 31.2 Å². The molecule has 2 rings (SSSR count). The first-order valence-electron chi connectivity index (χ1n) is 8.61. The van der Waals surface area contributed by atoms with Gasteiger partial charge in [-0.3, -0.25) is 4.79 Å². The molecule has 0 saturated heterocycles. The molecule has 0 radical (unpaired) electrons. The monoisotopic (exact) mass is 325 g/mol. The van der Waals surface area contributed by atoms with Crippen molar-refractivity contribution in [3.05, 3.63) is 53.3 Å². The first-order valence-corrected chi connectivity index (χ1v) is 8.61. The lowest BCUT2D eigenvalue weighted by Crippen LogP contribution is -2.16. The Morgan fingerprint density at radius 3 is 2.62 bits per heavy atom. The van der Waals surface area contributed by atoms with E-state index in [0.29, 0.717) is 11.6 Å². The summed E-state index contributed by atoms with van der Waals surface area (Å²) in [7, 11) is 0. The zero-order chi connectivity index (χ0) is 17.5. The standard InChI is InChI=1S/C20H27N3O/c1-5-16-8-6-7-15(4)19(16)23-20(24)18-10-9-17(13-22-18)21-12-11-14(2)3/h6-10,13-14,21H,5,11-12H2,1-4H3,(H,23,24).